The highest BCUT2D eigenvalue weighted by molar-refractivity contribution is 5.94. The summed E-state index contributed by atoms with van der Waals surface area (Å²) < 4.78 is 25.0. The Labute approximate surface area is 274 Å². The van der Waals surface area contributed by atoms with Crippen LogP contribution in [0.4, 0.5) is 10.6 Å². The summed E-state index contributed by atoms with van der Waals surface area (Å²) >= 11 is 0. The van der Waals surface area contributed by atoms with E-state index in [-0.39, 0.29) is 31.5 Å². The Balaban J connectivity index is 1.22. The zero-order chi connectivity index (χ0) is 32.6. The average molecular weight is 643 g/mol. The highest BCUT2D eigenvalue weighted by Crippen LogP contribution is 2.35. The molecule has 2 aliphatic rings. The first-order valence-electron chi connectivity index (χ1n) is 16.4. The van der Waals surface area contributed by atoms with Crippen molar-refractivity contribution in [2.75, 3.05) is 31.1 Å². The summed E-state index contributed by atoms with van der Waals surface area (Å²) in [4.78, 5) is 35.6. The van der Waals surface area contributed by atoms with E-state index in [1.807, 2.05) is 66.2 Å². The van der Waals surface area contributed by atoms with Crippen molar-refractivity contribution in [2.45, 2.75) is 77.9 Å². The molecule has 2 aromatic carbocycles. The van der Waals surface area contributed by atoms with E-state index >= 15 is 0 Å². The first-order chi connectivity index (χ1) is 22.9. The molecule has 2 aliphatic heterocycles. The topological polar surface area (TPSA) is 130 Å². The molecule has 47 heavy (non-hydrogen) atoms. The van der Waals surface area contributed by atoms with Crippen molar-refractivity contribution in [1.82, 2.24) is 25.1 Å². The van der Waals surface area contributed by atoms with E-state index in [9.17, 15) is 9.59 Å². The molecule has 1 N–H and O–H groups in total. The van der Waals surface area contributed by atoms with Crippen LogP contribution in [0.3, 0.4) is 0 Å². The molecule has 0 radical (unpaired) electrons. The molecule has 248 valence electrons. The van der Waals surface area contributed by atoms with Gasteiger partial charge in [-0.3, -0.25) is 4.79 Å². The van der Waals surface area contributed by atoms with Crippen LogP contribution >= 0.6 is 0 Å². The maximum Gasteiger partial charge on any atom is 0.407 e. The van der Waals surface area contributed by atoms with Gasteiger partial charge in [0.1, 0.15) is 23.9 Å². The predicted octanol–water partition coefficient (Wildman–Crippen LogP) is 5.94. The highest BCUT2D eigenvalue weighted by Gasteiger charge is 2.25. The second kappa shape index (κ2) is 15.3. The number of ether oxygens (including phenoxy) is 4. The lowest BCUT2D eigenvalue weighted by Crippen LogP contribution is -2.28. The van der Waals surface area contributed by atoms with Gasteiger partial charge >= 0.3 is 12.1 Å². The Hall–Kier alpha value is -4.71. The zero-order valence-electron chi connectivity index (χ0n) is 27.0. The lowest BCUT2D eigenvalue weighted by Gasteiger charge is -2.23. The summed E-state index contributed by atoms with van der Waals surface area (Å²) in [7, 11) is 0. The second-order valence-electron chi connectivity index (χ2n) is 12.0. The van der Waals surface area contributed by atoms with Crippen LogP contribution in [0, 0.1) is 0 Å². The van der Waals surface area contributed by atoms with Gasteiger partial charge in [0.25, 0.3) is 0 Å². The SMILES string of the molecule is CC(=O)OCc1nc(-c2nn(C3CCCCO3)c3ccc(OC(C)CCNC(=O)OCc4ccccc4)cc23)cc(N2CCCC2)n1. The third-order valence-corrected chi connectivity index (χ3v) is 8.31. The van der Waals surface area contributed by atoms with E-state index in [1.165, 1.54) is 6.92 Å². The number of carbonyl (C=O) groups excluding carboxylic acids is 2. The van der Waals surface area contributed by atoms with Gasteiger partial charge in [0.15, 0.2) is 18.7 Å². The number of anilines is 1. The number of rotatable bonds is 12. The molecule has 0 spiro atoms. The van der Waals surface area contributed by atoms with Crippen molar-refractivity contribution in [3.05, 3.63) is 66.0 Å². The van der Waals surface area contributed by atoms with Gasteiger partial charge in [-0.1, -0.05) is 30.3 Å². The van der Waals surface area contributed by atoms with Crippen molar-refractivity contribution in [3.8, 4) is 17.1 Å². The van der Waals surface area contributed by atoms with E-state index in [2.05, 4.69) is 10.2 Å². The molecule has 6 rings (SSSR count). The first-order valence-corrected chi connectivity index (χ1v) is 16.4. The lowest BCUT2D eigenvalue weighted by atomic mass is 10.1. The van der Waals surface area contributed by atoms with Crippen molar-refractivity contribution in [1.29, 1.82) is 0 Å². The van der Waals surface area contributed by atoms with Crippen LogP contribution in [-0.2, 0) is 32.2 Å². The maximum absolute atomic E-state index is 12.2. The van der Waals surface area contributed by atoms with Crippen LogP contribution in [0.5, 0.6) is 5.75 Å². The molecule has 0 bridgehead atoms. The molecule has 2 atom stereocenters. The summed E-state index contributed by atoms with van der Waals surface area (Å²) in [5.74, 6) is 1.51. The summed E-state index contributed by atoms with van der Waals surface area (Å²) in [6, 6.07) is 17.5. The van der Waals surface area contributed by atoms with Crippen LogP contribution in [-0.4, -0.2) is 64.2 Å². The number of hydrogen-bond acceptors (Lipinski definition) is 10. The van der Waals surface area contributed by atoms with Crippen LogP contribution < -0.4 is 15.0 Å². The zero-order valence-corrected chi connectivity index (χ0v) is 27.0. The molecule has 2 saturated heterocycles. The standard InChI is InChI=1S/C35H42N6O6/c1-24(15-16-36-35(43)46-22-26-10-4-3-5-11-26)47-27-13-14-30-28(20-27)34(39-41(30)33-12-6-9-19-44-33)29-21-32(40-17-7-8-18-40)38-31(37-29)23-45-25(2)42/h3-5,10-11,13-14,20-21,24,33H,6-9,12,15-19,22-23H2,1-2H3,(H,36,43). The largest absolute Gasteiger partial charge is 0.491 e. The number of aromatic nitrogens is 4. The Bertz CT molecular complexity index is 1670. The molecule has 2 fully saturated rings. The van der Waals surface area contributed by atoms with E-state index in [4.69, 9.17) is 34.0 Å². The number of carbonyl (C=O) groups is 2. The summed E-state index contributed by atoms with van der Waals surface area (Å²) in [5.41, 5.74) is 3.17. The third kappa shape index (κ3) is 8.37. The minimum atomic E-state index is -0.462. The molecule has 4 heterocycles. The molecule has 0 saturated carbocycles. The number of fused-ring (bicyclic) bond motifs is 1. The number of esters is 1. The number of nitrogens with zero attached hydrogens (tertiary/aromatic N) is 5. The number of alkyl carbamates (subject to hydrolysis) is 1. The Morgan fingerprint density at radius 2 is 1.83 bits per heavy atom. The number of benzene rings is 2. The Morgan fingerprint density at radius 3 is 2.60 bits per heavy atom. The molecule has 4 aromatic rings. The summed E-state index contributed by atoms with van der Waals surface area (Å²) in [6.45, 7) is 6.45. The maximum atomic E-state index is 12.2. The molecule has 2 aromatic heterocycles. The van der Waals surface area contributed by atoms with E-state index in [0.29, 0.717) is 42.5 Å². The van der Waals surface area contributed by atoms with Crippen LogP contribution in [0.2, 0.25) is 0 Å². The van der Waals surface area contributed by atoms with Crippen molar-refractivity contribution in [3.63, 3.8) is 0 Å². The molecule has 12 nitrogen and oxygen atoms in total. The third-order valence-electron chi connectivity index (χ3n) is 8.31. The number of hydrogen-bond donors (Lipinski definition) is 1. The minimum Gasteiger partial charge on any atom is -0.491 e. The van der Waals surface area contributed by atoms with E-state index < -0.39 is 6.09 Å². The molecule has 12 heteroatoms. The van der Waals surface area contributed by atoms with Crippen LogP contribution in [0.15, 0.2) is 54.6 Å². The number of amides is 1. The molecular weight excluding hydrogens is 600 g/mol. The van der Waals surface area contributed by atoms with Gasteiger partial charge in [0, 0.05) is 51.0 Å². The van der Waals surface area contributed by atoms with E-state index in [1.54, 1.807) is 0 Å². The highest BCUT2D eigenvalue weighted by atomic mass is 16.5. The second-order valence-corrected chi connectivity index (χ2v) is 12.0. The number of nitrogens with one attached hydrogen (secondary N) is 1. The monoisotopic (exact) mass is 642 g/mol. The van der Waals surface area contributed by atoms with Gasteiger partial charge in [-0.15, -0.1) is 0 Å². The average Bonchev–Trinajstić information content (AvgIpc) is 3.76. The molecular formula is C35H42N6O6. The normalized spacial score (nSPS) is 17.0. The van der Waals surface area contributed by atoms with Crippen molar-refractivity contribution < 1.29 is 28.5 Å². The Morgan fingerprint density at radius 1 is 1.00 bits per heavy atom. The van der Waals surface area contributed by atoms with Gasteiger partial charge < -0.3 is 29.2 Å². The minimum absolute atomic E-state index is 0.0197. The lowest BCUT2D eigenvalue weighted by molar-refractivity contribution is -0.142. The van der Waals surface area contributed by atoms with Crippen molar-refractivity contribution >= 4 is 28.8 Å². The fourth-order valence-corrected chi connectivity index (χ4v) is 5.90. The van der Waals surface area contributed by atoms with Crippen LogP contribution in [0.1, 0.15) is 70.0 Å². The quantitative estimate of drug-likeness (QED) is 0.185. The Kier molecular flexibility index (Phi) is 10.5. The fourth-order valence-electron chi connectivity index (χ4n) is 5.90. The first kappa shape index (κ1) is 32.2. The van der Waals surface area contributed by atoms with Gasteiger partial charge in [0.05, 0.1) is 17.3 Å². The fraction of sp³-hybridized carbons (Fsp3) is 0.457. The van der Waals surface area contributed by atoms with Gasteiger partial charge in [-0.2, -0.15) is 5.10 Å². The summed E-state index contributed by atoms with van der Waals surface area (Å²) in [5, 5.41) is 8.75. The molecule has 2 unspecified atom stereocenters. The van der Waals surface area contributed by atoms with Gasteiger partial charge in [-0.05, 0) is 62.8 Å². The van der Waals surface area contributed by atoms with Gasteiger partial charge in [-0.25, -0.2) is 19.4 Å². The summed E-state index contributed by atoms with van der Waals surface area (Å²) in [6.07, 6.45) is 4.91. The van der Waals surface area contributed by atoms with Crippen LogP contribution in [0.25, 0.3) is 22.3 Å². The predicted molar refractivity (Wildman–Crippen MR) is 176 cm³/mol. The molecule has 1 amide bonds. The van der Waals surface area contributed by atoms with E-state index in [0.717, 1.165) is 67.5 Å². The van der Waals surface area contributed by atoms with Gasteiger partial charge in [0.2, 0.25) is 0 Å². The molecule has 0 aliphatic carbocycles. The smallest absolute Gasteiger partial charge is 0.407 e. The van der Waals surface area contributed by atoms with Crippen molar-refractivity contribution in [2.24, 2.45) is 0 Å².